The van der Waals surface area contributed by atoms with Crippen molar-refractivity contribution >= 4 is 34.2 Å². The molecule has 0 atom stereocenters. The van der Waals surface area contributed by atoms with Gasteiger partial charge in [-0.1, -0.05) is 53.8 Å². The molecule has 0 aliphatic carbocycles. The Hall–Kier alpha value is -3.39. The van der Waals surface area contributed by atoms with Gasteiger partial charge in [-0.3, -0.25) is 24.6 Å². The number of anilines is 1. The fraction of sp³-hybridized carbons (Fsp3) is 0.150. The van der Waals surface area contributed by atoms with Gasteiger partial charge < -0.3 is 0 Å². The number of benzene rings is 2. The molecule has 28 heavy (non-hydrogen) atoms. The van der Waals surface area contributed by atoms with Crippen LogP contribution < -0.4 is 5.32 Å². The first-order valence-corrected chi connectivity index (χ1v) is 9.54. The lowest BCUT2D eigenvalue weighted by Gasteiger charge is -2.13. The van der Waals surface area contributed by atoms with Crippen molar-refractivity contribution in [2.75, 3.05) is 5.32 Å². The van der Waals surface area contributed by atoms with Crippen LogP contribution >= 0.6 is 11.3 Å². The Labute approximate surface area is 165 Å². The zero-order valence-electron chi connectivity index (χ0n) is 14.8. The number of imide groups is 1. The number of rotatable bonds is 5. The first-order chi connectivity index (χ1) is 13.6. The van der Waals surface area contributed by atoms with Gasteiger partial charge in [0.1, 0.15) is 5.01 Å². The number of hydrogen-bond acceptors (Lipinski definition) is 6. The lowest BCUT2D eigenvalue weighted by molar-refractivity contribution is -0.139. The summed E-state index contributed by atoms with van der Waals surface area (Å²) in [5.74, 6) is -0.606. The van der Waals surface area contributed by atoms with Crippen LogP contribution in [0.3, 0.4) is 0 Å². The zero-order chi connectivity index (χ0) is 19.5. The van der Waals surface area contributed by atoms with Crippen LogP contribution in [0.25, 0.3) is 10.6 Å². The van der Waals surface area contributed by atoms with Gasteiger partial charge in [0, 0.05) is 24.0 Å². The maximum atomic E-state index is 12.4. The molecule has 1 aromatic heterocycles. The van der Waals surface area contributed by atoms with Crippen molar-refractivity contribution < 1.29 is 14.4 Å². The van der Waals surface area contributed by atoms with Gasteiger partial charge in [0.2, 0.25) is 16.9 Å². The van der Waals surface area contributed by atoms with E-state index in [2.05, 4.69) is 15.5 Å². The second kappa shape index (κ2) is 7.69. The van der Waals surface area contributed by atoms with Gasteiger partial charge in [0.25, 0.3) is 5.91 Å². The average Bonchev–Trinajstić information content (AvgIpc) is 3.31. The quantitative estimate of drug-likeness (QED) is 0.674. The monoisotopic (exact) mass is 392 g/mol. The summed E-state index contributed by atoms with van der Waals surface area (Å²) in [6.45, 7) is 0.233. The molecule has 0 saturated carbocycles. The van der Waals surface area contributed by atoms with Gasteiger partial charge in [-0.2, -0.15) is 0 Å². The van der Waals surface area contributed by atoms with E-state index in [-0.39, 0.29) is 37.1 Å². The molecule has 2 heterocycles. The third-order valence-corrected chi connectivity index (χ3v) is 5.27. The first-order valence-electron chi connectivity index (χ1n) is 8.72. The van der Waals surface area contributed by atoms with Gasteiger partial charge >= 0.3 is 0 Å². The van der Waals surface area contributed by atoms with Crippen LogP contribution in [0.1, 0.15) is 28.8 Å². The molecule has 1 aliphatic heterocycles. The van der Waals surface area contributed by atoms with Crippen molar-refractivity contribution in [2.24, 2.45) is 0 Å². The van der Waals surface area contributed by atoms with Crippen LogP contribution in [0, 0.1) is 0 Å². The summed E-state index contributed by atoms with van der Waals surface area (Å²) in [6, 6.07) is 16.4. The Bertz CT molecular complexity index is 1020. The largest absolute Gasteiger partial charge is 0.296 e. The highest BCUT2D eigenvalue weighted by Gasteiger charge is 2.28. The molecular weight excluding hydrogens is 376 g/mol. The van der Waals surface area contributed by atoms with E-state index < -0.39 is 0 Å². The number of hydrogen-bond donors (Lipinski definition) is 1. The fourth-order valence-corrected chi connectivity index (χ4v) is 3.63. The van der Waals surface area contributed by atoms with Crippen molar-refractivity contribution in [3.05, 3.63) is 65.7 Å². The van der Waals surface area contributed by atoms with Crippen LogP contribution in [-0.2, 0) is 16.1 Å². The summed E-state index contributed by atoms with van der Waals surface area (Å²) in [7, 11) is 0. The van der Waals surface area contributed by atoms with Gasteiger partial charge in [0.15, 0.2) is 0 Å². The van der Waals surface area contributed by atoms with E-state index in [4.69, 9.17) is 0 Å². The predicted molar refractivity (Wildman–Crippen MR) is 105 cm³/mol. The number of likely N-dealkylation sites (tertiary alicyclic amines) is 1. The van der Waals surface area contributed by atoms with Crippen molar-refractivity contribution in [1.29, 1.82) is 0 Å². The second-order valence-corrected chi connectivity index (χ2v) is 7.28. The maximum Gasteiger partial charge on any atom is 0.257 e. The number of aromatic nitrogens is 2. The predicted octanol–water partition coefficient (Wildman–Crippen LogP) is 3.11. The highest BCUT2D eigenvalue weighted by Crippen LogP contribution is 2.26. The summed E-state index contributed by atoms with van der Waals surface area (Å²) >= 11 is 1.30. The number of amides is 3. The summed E-state index contributed by atoms with van der Waals surface area (Å²) in [4.78, 5) is 37.1. The van der Waals surface area contributed by atoms with Crippen LogP contribution in [-0.4, -0.2) is 32.8 Å². The minimum absolute atomic E-state index is 0.155. The third kappa shape index (κ3) is 3.81. The van der Waals surface area contributed by atoms with E-state index in [0.29, 0.717) is 10.7 Å². The highest BCUT2D eigenvalue weighted by molar-refractivity contribution is 7.18. The van der Waals surface area contributed by atoms with Crippen LogP contribution in [0.15, 0.2) is 54.6 Å². The summed E-state index contributed by atoms with van der Waals surface area (Å²) in [5.41, 5.74) is 2.19. The molecule has 1 aliphatic rings. The highest BCUT2D eigenvalue weighted by atomic mass is 32.1. The molecule has 1 saturated heterocycles. The van der Waals surface area contributed by atoms with Crippen molar-refractivity contribution in [1.82, 2.24) is 15.1 Å². The lowest BCUT2D eigenvalue weighted by Crippen LogP contribution is -2.28. The average molecular weight is 392 g/mol. The Balaban J connectivity index is 1.41. The van der Waals surface area contributed by atoms with Crippen molar-refractivity contribution in [2.45, 2.75) is 19.4 Å². The summed E-state index contributed by atoms with van der Waals surface area (Å²) in [6.07, 6.45) is 0.540. The van der Waals surface area contributed by atoms with E-state index >= 15 is 0 Å². The van der Waals surface area contributed by atoms with Crippen LogP contribution in [0.2, 0.25) is 0 Å². The summed E-state index contributed by atoms with van der Waals surface area (Å²) in [5, 5.41) is 12.0. The SMILES string of the molecule is O=C(Nc1nnc(-c2ccccc2)s1)c1ccc(CN2C(=O)CCC2=O)cc1. The Morgan fingerprint density at radius 2 is 1.64 bits per heavy atom. The Morgan fingerprint density at radius 1 is 0.964 bits per heavy atom. The topological polar surface area (TPSA) is 92.3 Å². The minimum atomic E-state index is -0.296. The van der Waals surface area contributed by atoms with Gasteiger partial charge in [-0.15, -0.1) is 10.2 Å². The van der Waals surface area contributed by atoms with Gasteiger partial charge in [0.05, 0.1) is 6.54 Å². The molecule has 1 N–H and O–H groups in total. The molecular formula is C20H16N4O3S. The number of nitrogens with one attached hydrogen (secondary N) is 1. The second-order valence-electron chi connectivity index (χ2n) is 6.30. The minimum Gasteiger partial charge on any atom is -0.296 e. The molecule has 2 aromatic carbocycles. The molecule has 3 aromatic rings. The fourth-order valence-electron chi connectivity index (χ4n) is 2.88. The Morgan fingerprint density at radius 3 is 2.32 bits per heavy atom. The molecule has 0 bridgehead atoms. The molecule has 8 heteroatoms. The van der Waals surface area contributed by atoms with Gasteiger partial charge in [-0.25, -0.2) is 0 Å². The van der Waals surface area contributed by atoms with E-state index in [0.717, 1.165) is 16.1 Å². The standard InChI is InChI=1S/C20H16N4O3S/c25-16-10-11-17(26)24(16)12-13-6-8-14(9-7-13)18(27)21-20-23-22-19(28-20)15-4-2-1-3-5-15/h1-9H,10-12H2,(H,21,23,27). The normalized spacial score (nSPS) is 13.8. The molecule has 0 unspecified atom stereocenters. The van der Waals surface area contributed by atoms with E-state index in [1.807, 2.05) is 30.3 Å². The number of carbonyl (C=O) groups excluding carboxylic acids is 3. The maximum absolute atomic E-state index is 12.4. The van der Waals surface area contributed by atoms with Crippen LogP contribution in [0.4, 0.5) is 5.13 Å². The Kier molecular flexibility index (Phi) is 4.94. The van der Waals surface area contributed by atoms with Crippen molar-refractivity contribution in [3.63, 3.8) is 0 Å². The van der Waals surface area contributed by atoms with E-state index in [1.54, 1.807) is 24.3 Å². The molecule has 3 amide bonds. The molecule has 4 rings (SSSR count). The van der Waals surface area contributed by atoms with E-state index in [1.165, 1.54) is 16.2 Å². The molecule has 0 spiro atoms. The number of carbonyl (C=O) groups is 3. The molecule has 1 fully saturated rings. The summed E-state index contributed by atoms with van der Waals surface area (Å²) < 4.78 is 0. The zero-order valence-corrected chi connectivity index (χ0v) is 15.6. The molecule has 140 valence electrons. The van der Waals surface area contributed by atoms with Gasteiger partial charge in [-0.05, 0) is 17.7 Å². The molecule has 7 nitrogen and oxygen atoms in total. The number of nitrogens with zero attached hydrogens (tertiary/aromatic N) is 3. The smallest absolute Gasteiger partial charge is 0.257 e. The van der Waals surface area contributed by atoms with E-state index in [9.17, 15) is 14.4 Å². The third-order valence-electron chi connectivity index (χ3n) is 4.38. The first kappa shape index (κ1) is 18.0. The molecule has 0 radical (unpaired) electrons. The van der Waals surface area contributed by atoms with Crippen molar-refractivity contribution in [3.8, 4) is 10.6 Å². The van der Waals surface area contributed by atoms with Crippen LogP contribution in [0.5, 0.6) is 0 Å². The lowest BCUT2D eigenvalue weighted by atomic mass is 10.1.